The van der Waals surface area contributed by atoms with Crippen molar-refractivity contribution < 1.29 is 24.2 Å². The largest absolute Gasteiger partial charge is 0.494 e. The van der Waals surface area contributed by atoms with Crippen LogP contribution in [0.1, 0.15) is 51.1 Å². The van der Waals surface area contributed by atoms with E-state index < -0.39 is 24.0 Å². The van der Waals surface area contributed by atoms with Gasteiger partial charge in [0, 0.05) is 12.5 Å². The number of benzene rings is 1. The van der Waals surface area contributed by atoms with Gasteiger partial charge in [0.15, 0.2) is 0 Å². The van der Waals surface area contributed by atoms with Crippen LogP contribution in [0, 0.1) is 5.92 Å². The third-order valence-electron chi connectivity index (χ3n) is 4.26. The van der Waals surface area contributed by atoms with Crippen LogP contribution in [0.2, 0.25) is 0 Å². The molecular formula is C19H26N2O5. The van der Waals surface area contributed by atoms with E-state index in [0.717, 1.165) is 12.8 Å². The van der Waals surface area contributed by atoms with Gasteiger partial charge in [-0.15, -0.1) is 0 Å². The zero-order valence-electron chi connectivity index (χ0n) is 15.2. The Morgan fingerprint density at radius 1 is 1.23 bits per heavy atom. The fourth-order valence-electron chi connectivity index (χ4n) is 2.89. The molecule has 1 aliphatic carbocycles. The van der Waals surface area contributed by atoms with E-state index in [4.69, 9.17) is 4.74 Å². The third-order valence-corrected chi connectivity index (χ3v) is 4.26. The lowest BCUT2D eigenvalue weighted by Crippen LogP contribution is -2.42. The first-order valence-electron chi connectivity index (χ1n) is 8.91. The van der Waals surface area contributed by atoms with E-state index >= 15 is 0 Å². The zero-order chi connectivity index (χ0) is 19.1. The van der Waals surface area contributed by atoms with Crippen LogP contribution in [-0.2, 0) is 14.4 Å². The molecule has 0 spiro atoms. The van der Waals surface area contributed by atoms with Gasteiger partial charge in [0.2, 0.25) is 11.8 Å². The van der Waals surface area contributed by atoms with Crippen LogP contribution >= 0.6 is 0 Å². The molecule has 7 heteroatoms. The standard InChI is InChI=1S/C19H26N2O5/c1-3-26-17-7-5-4-6-14(17)15(20-12(2)22)11-18(23)21-16(19(24)25)10-13-8-9-13/h4-7,13,15-16H,3,8-11H2,1-2H3,(H,20,22)(H,21,23)(H,24,25). The lowest BCUT2D eigenvalue weighted by atomic mass is 10.0. The Balaban J connectivity index is 2.10. The summed E-state index contributed by atoms with van der Waals surface area (Å²) in [4.78, 5) is 35.4. The number of ether oxygens (including phenoxy) is 1. The summed E-state index contributed by atoms with van der Waals surface area (Å²) in [5.41, 5.74) is 0.689. The molecule has 2 unspecified atom stereocenters. The number of carbonyl (C=O) groups is 3. The molecule has 0 aromatic heterocycles. The Kier molecular flexibility index (Phi) is 7.00. The molecule has 0 aliphatic heterocycles. The van der Waals surface area contributed by atoms with E-state index in [2.05, 4.69) is 10.6 Å². The van der Waals surface area contributed by atoms with Crippen LogP contribution in [0.4, 0.5) is 0 Å². The van der Waals surface area contributed by atoms with E-state index in [-0.39, 0.29) is 12.3 Å². The van der Waals surface area contributed by atoms with Crippen molar-refractivity contribution in [1.29, 1.82) is 0 Å². The summed E-state index contributed by atoms with van der Waals surface area (Å²) in [6.45, 7) is 3.69. The molecular weight excluding hydrogens is 336 g/mol. The molecule has 7 nitrogen and oxygen atoms in total. The summed E-state index contributed by atoms with van der Waals surface area (Å²) in [5.74, 6) is -0.753. The first-order valence-corrected chi connectivity index (χ1v) is 8.91. The minimum Gasteiger partial charge on any atom is -0.494 e. The predicted octanol–water partition coefficient (Wildman–Crippen LogP) is 2.02. The summed E-state index contributed by atoms with van der Waals surface area (Å²) in [6.07, 6.45) is 2.41. The van der Waals surface area contributed by atoms with E-state index in [1.54, 1.807) is 18.2 Å². The summed E-state index contributed by atoms with van der Waals surface area (Å²) in [7, 11) is 0. The average molecular weight is 362 g/mol. The van der Waals surface area contributed by atoms with Crippen LogP contribution < -0.4 is 15.4 Å². The predicted molar refractivity (Wildman–Crippen MR) is 95.7 cm³/mol. The number of nitrogens with one attached hydrogen (secondary N) is 2. The molecule has 2 rings (SSSR count). The number of rotatable bonds is 10. The van der Waals surface area contributed by atoms with Gasteiger partial charge < -0.3 is 20.5 Å². The molecule has 1 aromatic rings. The molecule has 142 valence electrons. The Morgan fingerprint density at radius 3 is 2.50 bits per heavy atom. The number of carboxylic acid groups (broad SMARTS) is 1. The van der Waals surface area contributed by atoms with Crippen molar-refractivity contribution >= 4 is 17.8 Å². The lowest BCUT2D eigenvalue weighted by molar-refractivity contribution is -0.142. The van der Waals surface area contributed by atoms with Gasteiger partial charge in [-0.1, -0.05) is 31.0 Å². The summed E-state index contributed by atoms with van der Waals surface area (Å²) < 4.78 is 5.58. The quantitative estimate of drug-likeness (QED) is 0.591. The average Bonchev–Trinajstić information content (AvgIpc) is 3.38. The summed E-state index contributed by atoms with van der Waals surface area (Å²) >= 11 is 0. The highest BCUT2D eigenvalue weighted by atomic mass is 16.5. The second-order valence-electron chi connectivity index (χ2n) is 6.57. The van der Waals surface area contributed by atoms with E-state index in [9.17, 15) is 19.5 Å². The highest BCUT2D eigenvalue weighted by Crippen LogP contribution is 2.33. The topological polar surface area (TPSA) is 105 Å². The molecule has 1 fully saturated rings. The number of hydrogen-bond donors (Lipinski definition) is 3. The van der Waals surface area contributed by atoms with Crippen LogP contribution in [0.5, 0.6) is 5.75 Å². The first-order chi connectivity index (χ1) is 12.4. The van der Waals surface area contributed by atoms with Crippen LogP contribution in [0.15, 0.2) is 24.3 Å². The van der Waals surface area contributed by atoms with Crippen molar-refractivity contribution in [2.45, 2.75) is 51.6 Å². The Hall–Kier alpha value is -2.57. The van der Waals surface area contributed by atoms with Crippen molar-refractivity contribution in [3.63, 3.8) is 0 Å². The smallest absolute Gasteiger partial charge is 0.326 e. The van der Waals surface area contributed by atoms with Gasteiger partial charge in [0.25, 0.3) is 0 Å². The van der Waals surface area contributed by atoms with Gasteiger partial charge in [-0.05, 0) is 25.3 Å². The second-order valence-corrected chi connectivity index (χ2v) is 6.57. The maximum absolute atomic E-state index is 12.4. The molecule has 3 N–H and O–H groups in total. The van der Waals surface area contributed by atoms with E-state index in [1.807, 2.05) is 13.0 Å². The number of hydrogen-bond acceptors (Lipinski definition) is 4. The Labute approximate surface area is 153 Å². The Bertz CT molecular complexity index is 657. The van der Waals surface area contributed by atoms with Crippen molar-refractivity contribution in [1.82, 2.24) is 10.6 Å². The van der Waals surface area contributed by atoms with Gasteiger partial charge in [0.1, 0.15) is 11.8 Å². The van der Waals surface area contributed by atoms with Crippen molar-refractivity contribution in [3.05, 3.63) is 29.8 Å². The monoisotopic (exact) mass is 362 g/mol. The SMILES string of the molecule is CCOc1ccccc1C(CC(=O)NC(CC1CC1)C(=O)O)NC(C)=O. The molecule has 1 aliphatic rings. The zero-order valence-corrected chi connectivity index (χ0v) is 15.2. The maximum atomic E-state index is 12.4. The number of carbonyl (C=O) groups excluding carboxylic acids is 2. The van der Waals surface area contributed by atoms with Gasteiger partial charge in [-0.3, -0.25) is 9.59 Å². The van der Waals surface area contributed by atoms with Crippen LogP contribution in [-0.4, -0.2) is 35.5 Å². The first kappa shape index (κ1) is 19.8. The van der Waals surface area contributed by atoms with Gasteiger partial charge >= 0.3 is 5.97 Å². The minimum absolute atomic E-state index is 0.0574. The van der Waals surface area contributed by atoms with Gasteiger partial charge in [-0.2, -0.15) is 0 Å². The molecule has 1 saturated carbocycles. The van der Waals surface area contributed by atoms with Gasteiger partial charge in [-0.25, -0.2) is 4.79 Å². The highest BCUT2D eigenvalue weighted by Gasteiger charge is 2.31. The highest BCUT2D eigenvalue weighted by molar-refractivity contribution is 5.84. The molecule has 0 radical (unpaired) electrons. The second kappa shape index (κ2) is 9.22. The number of carboxylic acids is 1. The molecule has 0 heterocycles. The van der Waals surface area contributed by atoms with Crippen LogP contribution in [0.3, 0.4) is 0 Å². The Morgan fingerprint density at radius 2 is 1.92 bits per heavy atom. The van der Waals surface area contributed by atoms with E-state index in [1.165, 1.54) is 6.92 Å². The number of aliphatic carboxylic acids is 1. The molecule has 1 aromatic carbocycles. The molecule has 0 saturated heterocycles. The fraction of sp³-hybridized carbons (Fsp3) is 0.526. The summed E-state index contributed by atoms with van der Waals surface area (Å²) in [6, 6.07) is 5.70. The van der Waals surface area contributed by atoms with Gasteiger partial charge in [0.05, 0.1) is 19.1 Å². The van der Waals surface area contributed by atoms with Crippen molar-refractivity contribution in [2.75, 3.05) is 6.61 Å². The fourth-order valence-corrected chi connectivity index (χ4v) is 2.89. The maximum Gasteiger partial charge on any atom is 0.326 e. The van der Waals surface area contributed by atoms with Crippen molar-refractivity contribution in [2.24, 2.45) is 5.92 Å². The van der Waals surface area contributed by atoms with Crippen LogP contribution in [0.25, 0.3) is 0 Å². The molecule has 2 atom stereocenters. The number of para-hydroxylation sites is 1. The lowest BCUT2D eigenvalue weighted by Gasteiger charge is -2.22. The molecule has 0 bridgehead atoms. The summed E-state index contributed by atoms with van der Waals surface area (Å²) in [5, 5.41) is 14.6. The third kappa shape index (κ3) is 6.06. The normalized spacial score (nSPS) is 15.6. The number of amides is 2. The van der Waals surface area contributed by atoms with E-state index in [0.29, 0.717) is 30.3 Å². The molecule has 2 amide bonds. The minimum atomic E-state index is -1.03. The molecule has 26 heavy (non-hydrogen) atoms. The van der Waals surface area contributed by atoms with Crippen molar-refractivity contribution in [3.8, 4) is 5.75 Å².